The van der Waals surface area contributed by atoms with Gasteiger partial charge in [0.1, 0.15) is 5.65 Å². The van der Waals surface area contributed by atoms with E-state index in [0.29, 0.717) is 37.4 Å². The van der Waals surface area contributed by atoms with E-state index in [9.17, 15) is 9.90 Å². The highest BCUT2D eigenvalue weighted by molar-refractivity contribution is 6.05. The average Bonchev–Trinajstić information content (AvgIpc) is 2.79. The second kappa shape index (κ2) is 4.99. The van der Waals surface area contributed by atoms with Crippen LogP contribution in [0.25, 0.3) is 11.0 Å². The maximum atomic E-state index is 12.6. The monoisotopic (exact) mass is 260 g/mol. The number of aliphatic hydroxyl groups is 1. The molecule has 1 fully saturated rings. The molecule has 0 saturated carbocycles. The molecule has 0 bridgehead atoms. The van der Waals surface area contributed by atoms with Crippen LogP contribution >= 0.6 is 0 Å². The highest BCUT2D eigenvalue weighted by atomic mass is 16.3. The molecule has 1 aliphatic rings. The molecule has 6 nitrogen and oxygen atoms in total. The van der Waals surface area contributed by atoms with Crippen LogP contribution in [-0.4, -0.2) is 58.2 Å². The van der Waals surface area contributed by atoms with Gasteiger partial charge in [0, 0.05) is 44.0 Å². The summed E-state index contributed by atoms with van der Waals surface area (Å²) in [6.45, 7) is 2.19. The molecule has 0 aromatic carbocycles. The van der Waals surface area contributed by atoms with Gasteiger partial charge in [-0.2, -0.15) is 0 Å². The second-order valence-electron chi connectivity index (χ2n) is 4.71. The molecule has 19 heavy (non-hydrogen) atoms. The molecule has 2 aromatic rings. The number of aromatic amines is 1. The number of aromatic nitrogens is 2. The average molecular weight is 260 g/mol. The molecule has 1 amide bonds. The second-order valence-corrected chi connectivity index (χ2v) is 4.71. The number of H-pyrrole nitrogens is 1. The number of carbonyl (C=O) groups is 1. The van der Waals surface area contributed by atoms with Gasteiger partial charge >= 0.3 is 0 Å². The van der Waals surface area contributed by atoms with E-state index in [1.165, 1.54) is 0 Å². The van der Waals surface area contributed by atoms with Crippen LogP contribution in [-0.2, 0) is 0 Å². The summed E-state index contributed by atoms with van der Waals surface area (Å²) in [5.74, 6) is -0.0604. The van der Waals surface area contributed by atoms with E-state index in [4.69, 9.17) is 0 Å². The zero-order chi connectivity index (χ0) is 13.2. The first-order chi connectivity index (χ1) is 9.25. The number of nitrogens with zero attached hydrogens (tertiary/aromatic N) is 2. The number of hydrogen-bond acceptors (Lipinski definition) is 4. The molecule has 0 aliphatic carbocycles. The third-order valence-corrected chi connectivity index (χ3v) is 3.35. The molecule has 100 valence electrons. The highest BCUT2D eigenvalue weighted by Crippen LogP contribution is 2.17. The van der Waals surface area contributed by atoms with Crippen molar-refractivity contribution in [1.82, 2.24) is 20.2 Å². The number of amides is 1. The van der Waals surface area contributed by atoms with Crippen LogP contribution in [0.15, 0.2) is 24.5 Å². The Morgan fingerprint density at radius 1 is 1.47 bits per heavy atom. The Morgan fingerprint density at radius 3 is 3.26 bits per heavy atom. The Hall–Kier alpha value is -1.92. The number of β-amino-alcohol motifs (C(OH)–C–C–N with tert-alkyl or cyclic N) is 1. The van der Waals surface area contributed by atoms with Crippen LogP contribution < -0.4 is 5.32 Å². The molecular formula is C13H16N4O2. The number of aliphatic hydroxyl groups excluding tert-OH is 1. The van der Waals surface area contributed by atoms with Crippen molar-refractivity contribution in [1.29, 1.82) is 0 Å². The summed E-state index contributed by atoms with van der Waals surface area (Å²) in [5.41, 5.74) is 1.33. The number of rotatable bonds is 1. The van der Waals surface area contributed by atoms with Gasteiger partial charge in [0.15, 0.2) is 0 Å². The Balaban J connectivity index is 1.92. The van der Waals surface area contributed by atoms with E-state index in [1.54, 1.807) is 23.4 Å². The molecule has 3 rings (SSSR count). The van der Waals surface area contributed by atoms with E-state index >= 15 is 0 Å². The first kappa shape index (κ1) is 12.1. The van der Waals surface area contributed by atoms with Gasteiger partial charge < -0.3 is 20.3 Å². The lowest BCUT2D eigenvalue weighted by Crippen LogP contribution is -2.37. The van der Waals surface area contributed by atoms with Crippen molar-refractivity contribution >= 4 is 16.9 Å². The Morgan fingerprint density at radius 2 is 2.37 bits per heavy atom. The van der Waals surface area contributed by atoms with Gasteiger partial charge in [-0.15, -0.1) is 0 Å². The summed E-state index contributed by atoms with van der Waals surface area (Å²) in [5, 5.41) is 13.7. The third kappa shape index (κ3) is 2.32. The fraction of sp³-hybridized carbons (Fsp3) is 0.385. The molecule has 1 unspecified atom stereocenters. The predicted molar refractivity (Wildman–Crippen MR) is 70.9 cm³/mol. The molecule has 0 spiro atoms. The molecular weight excluding hydrogens is 244 g/mol. The lowest BCUT2D eigenvalue weighted by molar-refractivity contribution is 0.0675. The fourth-order valence-electron chi connectivity index (χ4n) is 2.40. The number of nitrogens with one attached hydrogen (secondary N) is 2. The first-order valence-corrected chi connectivity index (χ1v) is 6.36. The van der Waals surface area contributed by atoms with E-state index in [0.717, 1.165) is 5.39 Å². The minimum absolute atomic E-state index is 0.0604. The number of carbonyl (C=O) groups excluding carboxylic acids is 1. The van der Waals surface area contributed by atoms with E-state index in [2.05, 4.69) is 15.3 Å². The van der Waals surface area contributed by atoms with E-state index in [-0.39, 0.29) is 5.91 Å². The van der Waals surface area contributed by atoms with Crippen molar-refractivity contribution in [2.24, 2.45) is 0 Å². The Bertz CT molecular complexity index is 595. The predicted octanol–water partition coefficient (Wildman–Crippen LogP) is -0.0308. The van der Waals surface area contributed by atoms with Crippen molar-refractivity contribution < 1.29 is 9.90 Å². The normalized spacial score (nSPS) is 20.5. The van der Waals surface area contributed by atoms with Crippen molar-refractivity contribution in [3.05, 3.63) is 30.1 Å². The van der Waals surface area contributed by atoms with Gasteiger partial charge in [-0.25, -0.2) is 4.98 Å². The lowest BCUT2D eigenvalue weighted by atomic mass is 10.1. The lowest BCUT2D eigenvalue weighted by Gasteiger charge is -2.22. The van der Waals surface area contributed by atoms with Crippen molar-refractivity contribution in [2.75, 3.05) is 26.2 Å². The summed E-state index contributed by atoms with van der Waals surface area (Å²) < 4.78 is 0. The smallest absolute Gasteiger partial charge is 0.254 e. The minimum Gasteiger partial charge on any atom is -0.390 e. The highest BCUT2D eigenvalue weighted by Gasteiger charge is 2.22. The molecule has 2 aromatic heterocycles. The topological polar surface area (TPSA) is 81.2 Å². The fourth-order valence-corrected chi connectivity index (χ4v) is 2.40. The van der Waals surface area contributed by atoms with E-state index in [1.807, 2.05) is 6.07 Å². The SMILES string of the molecule is O=C(c1ccnc2[nH]ccc12)N1CCNCC(O)C1. The van der Waals surface area contributed by atoms with Gasteiger partial charge in [0.2, 0.25) is 0 Å². The summed E-state index contributed by atoms with van der Waals surface area (Å²) in [6, 6.07) is 3.57. The van der Waals surface area contributed by atoms with Crippen molar-refractivity contribution in [2.45, 2.75) is 6.10 Å². The van der Waals surface area contributed by atoms with Crippen molar-refractivity contribution in [3.8, 4) is 0 Å². The third-order valence-electron chi connectivity index (χ3n) is 3.35. The molecule has 3 N–H and O–H groups in total. The number of fused-ring (bicyclic) bond motifs is 1. The van der Waals surface area contributed by atoms with Gasteiger partial charge in [0.05, 0.1) is 11.7 Å². The van der Waals surface area contributed by atoms with Crippen LogP contribution in [0, 0.1) is 0 Å². The minimum atomic E-state index is -0.519. The zero-order valence-corrected chi connectivity index (χ0v) is 10.5. The summed E-state index contributed by atoms with van der Waals surface area (Å²) in [6.07, 6.45) is 2.88. The maximum absolute atomic E-state index is 12.6. The van der Waals surface area contributed by atoms with Crippen LogP contribution in [0.4, 0.5) is 0 Å². The van der Waals surface area contributed by atoms with Crippen LogP contribution in [0.3, 0.4) is 0 Å². The molecule has 1 atom stereocenters. The molecule has 6 heteroatoms. The summed E-state index contributed by atoms with van der Waals surface area (Å²) in [4.78, 5) is 21.4. The number of hydrogen-bond donors (Lipinski definition) is 3. The molecule has 1 saturated heterocycles. The van der Waals surface area contributed by atoms with Gasteiger partial charge in [-0.1, -0.05) is 0 Å². The Labute approximate surface area is 110 Å². The van der Waals surface area contributed by atoms with Crippen LogP contribution in [0.1, 0.15) is 10.4 Å². The van der Waals surface area contributed by atoms with E-state index < -0.39 is 6.10 Å². The van der Waals surface area contributed by atoms with Gasteiger partial charge in [-0.3, -0.25) is 4.79 Å². The van der Waals surface area contributed by atoms with Gasteiger partial charge in [0.25, 0.3) is 5.91 Å². The molecule has 3 heterocycles. The standard InChI is InChI=1S/C13H16N4O2/c18-9-7-14-5-6-17(8-9)13(19)11-2-4-16-12-10(11)1-3-15-12/h1-4,9,14,18H,5-8H2,(H,15,16). The maximum Gasteiger partial charge on any atom is 0.254 e. The van der Waals surface area contributed by atoms with Crippen LogP contribution in [0.5, 0.6) is 0 Å². The summed E-state index contributed by atoms with van der Waals surface area (Å²) in [7, 11) is 0. The van der Waals surface area contributed by atoms with Crippen molar-refractivity contribution in [3.63, 3.8) is 0 Å². The largest absolute Gasteiger partial charge is 0.390 e. The molecule has 0 radical (unpaired) electrons. The summed E-state index contributed by atoms with van der Waals surface area (Å²) >= 11 is 0. The first-order valence-electron chi connectivity index (χ1n) is 6.36. The van der Waals surface area contributed by atoms with Gasteiger partial charge in [-0.05, 0) is 12.1 Å². The number of pyridine rings is 1. The van der Waals surface area contributed by atoms with Crippen LogP contribution in [0.2, 0.25) is 0 Å². The Kier molecular flexibility index (Phi) is 3.18. The zero-order valence-electron chi connectivity index (χ0n) is 10.5. The molecule has 1 aliphatic heterocycles. The quantitative estimate of drug-likeness (QED) is 0.672.